The number of allylic oxidation sites excluding steroid dienone is 1. The molecular weight excluding hydrogens is 518 g/mol. The van der Waals surface area contributed by atoms with Gasteiger partial charge >= 0.3 is 0 Å². The van der Waals surface area contributed by atoms with Gasteiger partial charge in [0.05, 0.1) is 22.4 Å². The zero-order chi connectivity index (χ0) is 27.3. The van der Waals surface area contributed by atoms with Crippen molar-refractivity contribution >= 4 is 49.3 Å². The summed E-state index contributed by atoms with van der Waals surface area (Å²) in [6.45, 7) is 4.77. The Balaban J connectivity index is 1.47. The predicted octanol–water partition coefficient (Wildman–Crippen LogP) is 9.72. The van der Waals surface area contributed by atoms with Crippen molar-refractivity contribution in [2.45, 2.75) is 32.1 Å². The molecule has 2 aliphatic rings. The first kappa shape index (κ1) is 23.2. The molecule has 3 heterocycles. The van der Waals surface area contributed by atoms with Crippen LogP contribution in [0, 0.1) is 0 Å². The molecule has 0 aliphatic heterocycles. The van der Waals surface area contributed by atoms with E-state index >= 15 is 0 Å². The standard InChI is InChI=1S/C37H27N3S/c1-37(2)26-17-9-6-14-23(26)35-33(37)32-28(20-21-30-31(32)25-16-8-11-19-29(25)41-30)40(35)36-38-27-18-10-7-15-24(27)34(39-36)22-12-4-3-5-13-22/h3-7,9-15,17-21H,8,16H2,1-2H3. The Morgan fingerprint density at radius 1 is 0.805 bits per heavy atom. The normalized spacial score (nSPS) is 15.0. The second-order valence-electron chi connectivity index (χ2n) is 11.7. The second-order valence-corrected chi connectivity index (χ2v) is 12.8. The summed E-state index contributed by atoms with van der Waals surface area (Å²) in [5.41, 5.74) is 10.8. The number of para-hydroxylation sites is 1. The van der Waals surface area contributed by atoms with Crippen molar-refractivity contribution in [3.05, 3.63) is 119 Å². The number of fused-ring (bicyclic) bond motifs is 10. The van der Waals surface area contributed by atoms with E-state index in [1.807, 2.05) is 11.3 Å². The largest absolute Gasteiger partial charge is 0.278 e. The molecule has 3 aromatic heterocycles. The summed E-state index contributed by atoms with van der Waals surface area (Å²) in [5, 5.41) is 3.86. The van der Waals surface area contributed by atoms with Crippen LogP contribution in [0.3, 0.4) is 0 Å². The highest BCUT2D eigenvalue weighted by Gasteiger charge is 2.42. The molecule has 0 radical (unpaired) electrons. The molecular formula is C37H27N3S. The SMILES string of the molecule is CC1(C)c2ccccc2-c2c1c1c3c4c(sc3ccc1n2-c1nc(-c2ccccc2)c2ccccc2n1)C=CCC4. The van der Waals surface area contributed by atoms with Crippen LogP contribution in [0.4, 0.5) is 0 Å². The van der Waals surface area contributed by atoms with E-state index in [-0.39, 0.29) is 5.41 Å². The van der Waals surface area contributed by atoms with Crippen molar-refractivity contribution in [1.29, 1.82) is 0 Å². The fraction of sp³-hybridized carbons (Fsp3) is 0.135. The molecule has 0 saturated heterocycles. The molecule has 4 heteroatoms. The maximum absolute atomic E-state index is 5.36. The zero-order valence-electron chi connectivity index (χ0n) is 23.0. The Hall–Kier alpha value is -4.54. The molecule has 0 unspecified atom stereocenters. The van der Waals surface area contributed by atoms with E-state index in [0.29, 0.717) is 0 Å². The monoisotopic (exact) mass is 545 g/mol. The molecule has 0 fully saturated rings. The fourth-order valence-electron chi connectivity index (χ4n) is 7.27. The Kier molecular flexibility index (Phi) is 4.66. The minimum Gasteiger partial charge on any atom is -0.278 e. The maximum Gasteiger partial charge on any atom is 0.235 e. The van der Waals surface area contributed by atoms with Gasteiger partial charge in [-0.1, -0.05) is 92.7 Å². The number of hydrogen-bond donors (Lipinski definition) is 0. The molecule has 4 aromatic carbocycles. The van der Waals surface area contributed by atoms with Crippen molar-refractivity contribution in [2.75, 3.05) is 0 Å². The van der Waals surface area contributed by atoms with E-state index < -0.39 is 0 Å². The highest BCUT2D eigenvalue weighted by Crippen LogP contribution is 2.56. The van der Waals surface area contributed by atoms with Crippen LogP contribution in [-0.4, -0.2) is 14.5 Å². The van der Waals surface area contributed by atoms with E-state index in [2.05, 4.69) is 122 Å². The van der Waals surface area contributed by atoms with Gasteiger partial charge in [0.2, 0.25) is 5.95 Å². The highest BCUT2D eigenvalue weighted by atomic mass is 32.1. The van der Waals surface area contributed by atoms with Crippen LogP contribution >= 0.6 is 11.3 Å². The molecule has 0 saturated carbocycles. The van der Waals surface area contributed by atoms with Gasteiger partial charge in [-0.15, -0.1) is 11.3 Å². The van der Waals surface area contributed by atoms with E-state index in [1.54, 1.807) is 0 Å². The molecule has 3 nitrogen and oxygen atoms in total. The molecule has 9 rings (SSSR count). The van der Waals surface area contributed by atoms with Gasteiger partial charge in [-0.05, 0) is 53.8 Å². The summed E-state index contributed by atoms with van der Waals surface area (Å²) in [7, 11) is 0. The number of aromatic nitrogens is 3. The first-order valence-corrected chi connectivity index (χ1v) is 15.1. The van der Waals surface area contributed by atoms with Gasteiger partial charge in [-0.3, -0.25) is 4.57 Å². The average Bonchev–Trinajstić information content (AvgIpc) is 3.64. The summed E-state index contributed by atoms with van der Waals surface area (Å²) < 4.78 is 3.73. The van der Waals surface area contributed by atoms with Crippen LogP contribution in [0.2, 0.25) is 0 Å². The van der Waals surface area contributed by atoms with Crippen molar-refractivity contribution in [2.24, 2.45) is 0 Å². The van der Waals surface area contributed by atoms with Gasteiger partial charge in [0.25, 0.3) is 0 Å². The smallest absolute Gasteiger partial charge is 0.235 e. The number of nitrogens with zero attached hydrogens (tertiary/aromatic N) is 3. The van der Waals surface area contributed by atoms with Crippen LogP contribution < -0.4 is 0 Å². The van der Waals surface area contributed by atoms with E-state index in [1.165, 1.54) is 53.8 Å². The Morgan fingerprint density at radius 2 is 1.61 bits per heavy atom. The van der Waals surface area contributed by atoms with Crippen molar-refractivity contribution in [1.82, 2.24) is 14.5 Å². The van der Waals surface area contributed by atoms with Crippen LogP contribution in [0.1, 0.15) is 41.8 Å². The average molecular weight is 546 g/mol. The fourth-order valence-corrected chi connectivity index (χ4v) is 8.46. The number of aryl methyl sites for hydroxylation is 1. The third-order valence-electron chi connectivity index (χ3n) is 9.06. The topological polar surface area (TPSA) is 30.7 Å². The molecule has 41 heavy (non-hydrogen) atoms. The van der Waals surface area contributed by atoms with Crippen molar-refractivity contribution in [3.63, 3.8) is 0 Å². The lowest BCUT2D eigenvalue weighted by Gasteiger charge is -2.21. The second kappa shape index (κ2) is 8.25. The zero-order valence-corrected chi connectivity index (χ0v) is 23.8. The van der Waals surface area contributed by atoms with Crippen LogP contribution in [0.15, 0.2) is 97.1 Å². The van der Waals surface area contributed by atoms with Gasteiger partial charge < -0.3 is 0 Å². The van der Waals surface area contributed by atoms with Crippen LogP contribution in [0.25, 0.3) is 66.4 Å². The molecule has 2 aliphatic carbocycles. The summed E-state index contributed by atoms with van der Waals surface area (Å²) in [6, 6.07) is 32.4. The first-order chi connectivity index (χ1) is 20.1. The minimum absolute atomic E-state index is 0.151. The Labute approximate surface area is 242 Å². The van der Waals surface area contributed by atoms with Crippen LogP contribution in [0.5, 0.6) is 0 Å². The molecule has 0 bridgehead atoms. The van der Waals surface area contributed by atoms with Gasteiger partial charge in [-0.2, -0.15) is 0 Å². The summed E-state index contributed by atoms with van der Waals surface area (Å²) in [4.78, 5) is 12.0. The number of benzene rings is 4. The number of thiophene rings is 1. The maximum atomic E-state index is 5.36. The lowest BCUT2D eigenvalue weighted by Crippen LogP contribution is -2.14. The highest BCUT2D eigenvalue weighted by molar-refractivity contribution is 7.20. The van der Waals surface area contributed by atoms with Gasteiger partial charge in [0.1, 0.15) is 0 Å². The molecule has 0 atom stereocenters. The van der Waals surface area contributed by atoms with E-state index in [9.17, 15) is 0 Å². The number of rotatable bonds is 2. The molecule has 0 amide bonds. The third kappa shape index (κ3) is 3.08. The quantitative estimate of drug-likeness (QED) is 0.216. The molecule has 196 valence electrons. The number of hydrogen-bond acceptors (Lipinski definition) is 3. The van der Waals surface area contributed by atoms with Gasteiger partial charge in [-0.25, -0.2) is 9.97 Å². The van der Waals surface area contributed by atoms with Crippen LogP contribution in [-0.2, 0) is 11.8 Å². The van der Waals surface area contributed by atoms with E-state index in [0.717, 1.165) is 41.0 Å². The lowest BCUT2D eigenvalue weighted by atomic mass is 9.80. The van der Waals surface area contributed by atoms with E-state index in [4.69, 9.17) is 9.97 Å². The summed E-state index contributed by atoms with van der Waals surface area (Å²) in [5.74, 6) is 0.727. The van der Waals surface area contributed by atoms with Crippen molar-refractivity contribution < 1.29 is 0 Å². The minimum atomic E-state index is -0.151. The van der Waals surface area contributed by atoms with Gasteiger partial charge in [0, 0.05) is 42.3 Å². The Morgan fingerprint density at radius 3 is 2.51 bits per heavy atom. The van der Waals surface area contributed by atoms with Gasteiger partial charge in [0.15, 0.2) is 0 Å². The lowest BCUT2D eigenvalue weighted by molar-refractivity contribution is 0.666. The summed E-state index contributed by atoms with van der Waals surface area (Å²) >= 11 is 1.92. The van der Waals surface area contributed by atoms with Crippen molar-refractivity contribution in [3.8, 4) is 28.5 Å². The summed E-state index contributed by atoms with van der Waals surface area (Å²) in [6.07, 6.45) is 6.82. The molecule has 7 aromatic rings. The predicted molar refractivity (Wildman–Crippen MR) is 172 cm³/mol. The third-order valence-corrected chi connectivity index (χ3v) is 10.2. The Bertz CT molecular complexity index is 2230. The molecule has 0 spiro atoms. The molecule has 0 N–H and O–H groups in total. The first-order valence-electron chi connectivity index (χ1n) is 14.3.